The Hall–Kier alpha value is -8.97. The van der Waals surface area contributed by atoms with Crippen molar-refractivity contribution in [1.82, 2.24) is 46.2 Å². The zero-order valence-corrected chi connectivity index (χ0v) is 54.1. The van der Waals surface area contributed by atoms with Crippen LogP contribution in [0.25, 0.3) is 0 Å². The lowest BCUT2D eigenvalue weighted by Gasteiger charge is -2.42. The number of aliphatic carboxylic acids is 2. The number of carbonyl (C=O) groups excluding carboxylic acids is 9. The fourth-order valence-corrected chi connectivity index (χ4v) is 14.8. The van der Waals surface area contributed by atoms with Gasteiger partial charge in [0.15, 0.2) is 11.9 Å². The number of benzene rings is 2. The van der Waals surface area contributed by atoms with E-state index in [9.17, 15) is 54.0 Å². The Labute approximate surface area is 556 Å². The summed E-state index contributed by atoms with van der Waals surface area (Å²) in [6, 6.07) is 0.391. The van der Waals surface area contributed by atoms with Gasteiger partial charge in [0.05, 0.1) is 19.6 Å². The number of guanidine groups is 2. The number of amides is 9. The van der Waals surface area contributed by atoms with Crippen LogP contribution >= 0.6 is 0 Å². The van der Waals surface area contributed by atoms with Crippen molar-refractivity contribution in [2.75, 3.05) is 32.8 Å². The maximum absolute atomic E-state index is 15.4. The molecule has 4 heterocycles. The van der Waals surface area contributed by atoms with Crippen LogP contribution in [-0.4, -0.2) is 216 Å². The topological polar surface area (TPSA) is 497 Å². The number of nitrogens with two attached hydrogens (primary N) is 5. The predicted molar refractivity (Wildman–Crippen MR) is 347 cm³/mol. The van der Waals surface area contributed by atoms with Crippen LogP contribution in [0.2, 0.25) is 0 Å². The molecule has 0 spiro atoms. The third-order valence-corrected chi connectivity index (χ3v) is 19.6. The number of hydrogen-bond acceptors (Lipinski definition) is 16. The second-order valence-corrected chi connectivity index (χ2v) is 25.9. The number of aliphatic hydroxyl groups is 2. The molecule has 2 aromatic carbocycles. The van der Waals surface area contributed by atoms with Crippen molar-refractivity contribution in [2.45, 2.75) is 208 Å². The Bertz CT molecular complexity index is 3230. The van der Waals surface area contributed by atoms with E-state index in [1.165, 1.54) is 19.6 Å². The Morgan fingerprint density at radius 3 is 1.33 bits per heavy atom. The second kappa shape index (κ2) is 34.1. The summed E-state index contributed by atoms with van der Waals surface area (Å²) in [6.45, 7) is -1.95. The summed E-state index contributed by atoms with van der Waals surface area (Å²) >= 11 is 0. The summed E-state index contributed by atoms with van der Waals surface area (Å²) in [5.41, 5.74) is 30.2. The van der Waals surface area contributed by atoms with Crippen molar-refractivity contribution in [1.29, 1.82) is 0 Å². The van der Waals surface area contributed by atoms with Crippen molar-refractivity contribution in [3.05, 3.63) is 70.8 Å². The lowest BCUT2D eigenvalue weighted by Crippen LogP contribution is -2.63. The molecule has 8 rings (SSSR count). The molecular weight excluding hydrogens is 1240 g/mol. The van der Waals surface area contributed by atoms with Gasteiger partial charge in [-0.3, -0.25) is 53.1 Å². The number of rotatable bonds is 30. The quantitative estimate of drug-likeness (QED) is 0.0217. The van der Waals surface area contributed by atoms with Gasteiger partial charge >= 0.3 is 11.9 Å². The molecule has 19 N–H and O–H groups in total. The lowest BCUT2D eigenvalue weighted by molar-refractivity contribution is -0.154. The fraction of sp³-hybridized carbons (Fsp3) is 0.615. The van der Waals surface area contributed by atoms with Crippen LogP contribution < -0.4 is 55.3 Å². The normalized spacial score (nSPS) is 23.3. The molecule has 4 unspecified atom stereocenters. The van der Waals surface area contributed by atoms with Gasteiger partial charge in [-0.25, -0.2) is 9.59 Å². The highest BCUT2D eigenvalue weighted by Crippen LogP contribution is 2.43. The highest BCUT2D eigenvalue weighted by Gasteiger charge is 2.54. The maximum Gasteiger partial charge on any atom is 0.326 e. The molecule has 524 valence electrons. The van der Waals surface area contributed by atoms with E-state index in [0.717, 1.165) is 31.2 Å². The molecule has 2 aliphatic carbocycles. The summed E-state index contributed by atoms with van der Waals surface area (Å²) in [5, 5.41) is 55.0. The number of aliphatic imine (C=N–C) groups is 2. The first-order valence-electron chi connectivity index (χ1n) is 33.4. The van der Waals surface area contributed by atoms with Crippen LogP contribution in [0.1, 0.15) is 138 Å². The second-order valence-electron chi connectivity index (χ2n) is 25.9. The Balaban J connectivity index is 1.01. The van der Waals surface area contributed by atoms with Crippen molar-refractivity contribution < 1.29 is 73.2 Å². The molecule has 2 saturated carbocycles. The van der Waals surface area contributed by atoms with Gasteiger partial charge in [0.1, 0.15) is 54.4 Å². The first-order chi connectivity index (χ1) is 46.0. The zero-order chi connectivity index (χ0) is 69.3. The highest BCUT2D eigenvalue weighted by molar-refractivity contribution is 6.00. The summed E-state index contributed by atoms with van der Waals surface area (Å²) < 4.78 is 0. The van der Waals surface area contributed by atoms with Crippen LogP contribution in [-0.2, 0) is 78.7 Å². The number of carbonyl (C=O) groups is 11. The number of carboxylic acids is 2. The van der Waals surface area contributed by atoms with Gasteiger partial charge in [-0.15, -0.1) is 0 Å². The van der Waals surface area contributed by atoms with Gasteiger partial charge in [0, 0.05) is 57.5 Å². The minimum absolute atomic E-state index is 0.0194. The van der Waals surface area contributed by atoms with E-state index in [2.05, 4.69) is 36.6 Å². The predicted octanol–water partition coefficient (Wildman–Crippen LogP) is -2.58. The van der Waals surface area contributed by atoms with E-state index < -0.39 is 151 Å². The van der Waals surface area contributed by atoms with Gasteiger partial charge in [-0.1, -0.05) is 74.2 Å². The van der Waals surface area contributed by atoms with Crippen molar-refractivity contribution in [2.24, 2.45) is 50.5 Å². The Morgan fingerprint density at radius 1 is 0.500 bits per heavy atom. The van der Waals surface area contributed by atoms with Gasteiger partial charge in [0.25, 0.3) is 0 Å². The van der Waals surface area contributed by atoms with Gasteiger partial charge in [0.2, 0.25) is 53.2 Å². The first kappa shape index (κ1) is 72.9. The molecule has 0 radical (unpaired) electrons. The number of nitrogens with zero attached hydrogens (tertiary/aromatic N) is 6. The molecule has 2 aromatic rings. The number of nitrogens with one attached hydrogen (secondary N) is 5. The summed E-state index contributed by atoms with van der Waals surface area (Å²) in [6.07, 6.45) is 6.07. The van der Waals surface area contributed by atoms with E-state index in [0.29, 0.717) is 48.8 Å². The van der Waals surface area contributed by atoms with Crippen molar-refractivity contribution in [3.63, 3.8) is 0 Å². The average Bonchev–Trinajstić information content (AvgIpc) is 1.72. The standard InChI is InChI=1S/C65H94N16O15/c66-24-10-9-23-53(84)73-44(55(86)77-46(35-83)59(90)79-33-41-18-4-2-14-37(41)28-52(79)61(92)81-48-22-8-6-16-39(48)30-50(81)57(88)76-43(63(95)96)20-12-26-72-65(69)70)31-54(85)74-45(34-82)58(89)78-32-40-17-3-1-13-36(40)27-51(78)60(91)80-47-21-7-5-15-38(47)29-49(80)56(87)75-42(62(93)94)19-11-25-71-64(67)68/h1-4,13-14,17-18,38-39,42-52,82-83H,5-12,15-16,19-35,66H2,(H,73,84)(H,74,85)(H,75,87)(H,76,88)(H,77,86)(H,93,94)(H,95,96)(H4,67,68,71)(H4,69,70,72)/t38?,39?,42-,43-,44+,45-,46-,47?,48?,49-,50-,51+,52+/m0/s1. The minimum atomic E-state index is -1.80. The SMILES string of the molecule is NCCCCC(=O)N[C@H](CC(=O)N[C@@H](CO)C(=O)N1Cc2ccccc2C[C@@H]1C(=O)N1C2CCCCC2C[C@H]1C(=O)N[C@@H](CCCN=C(N)N)C(=O)O)C(=O)N[C@@H](CO)C(=O)N1Cc2ccccc2C[C@@H]1C(=O)N1C2CCCCC2C[C@H]1C(=O)N[C@@H](CCCN=C(N)N)C(=O)O. The van der Waals surface area contributed by atoms with Crippen molar-refractivity contribution >= 4 is 77.0 Å². The fourth-order valence-electron chi connectivity index (χ4n) is 14.8. The number of aliphatic hydroxyl groups excluding tert-OH is 2. The van der Waals surface area contributed by atoms with E-state index >= 15 is 19.2 Å². The van der Waals surface area contributed by atoms with E-state index in [1.54, 1.807) is 48.5 Å². The van der Waals surface area contributed by atoms with Gasteiger partial charge in [-0.05, 0) is 118 Å². The molecule has 31 nitrogen and oxygen atoms in total. The van der Waals surface area contributed by atoms with Crippen LogP contribution in [0, 0.1) is 11.8 Å². The van der Waals surface area contributed by atoms with Crippen LogP contribution in [0.3, 0.4) is 0 Å². The van der Waals surface area contributed by atoms with Crippen LogP contribution in [0.4, 0.5) is 0 Å². The molecule has 9 amide bonds. The molecule has 4 fully saturated rings. The van der Waals surface area contributed by atoms with Gasteiger partial charge < -0.3 is 95.3 Å². The average molecular weight is 1340 g/mol. The maximum atomic E-state index is 15.4. The number of carboxylic acid groups (broad SMARTS) is 2. The molecule has 2 saturated heterocycles. The number of hydrogen-bond donors (Lipinski definition) is 14. The molecule has 4 aliphatic heterocycles. The van der Waals surface area contributed by atoms with Crippen LogP contribution in [0.15, 0.2) is 58.5 Å². The monoisotopic (exact) mass is 1340 g/mol. The van der Waals surface area contributed by atoms with Crippen molar-refractivity contribution in [3.8, 4) is 0 Å². The minimum Gasteiger partial charge on any atom is -0.480 e. The lowest BCUT2D eigenvalue weighted by atomic mass is 9.84. The van der Waals surface area contributed by atoms with E-state index in [4.69, 9.17) is 28.7 Å². The molecule has 0 bridgehead atoms. The Kier molecular flexibility index (Phi) is 25.9. The molecule has 31 heteroatoms. The summed E-state index contributed by atoms with van der Waals surface area (Å²) in [4.78, 5) is 170. The number of unbranched alkanes of at least 4 members (excludes halogenated alkanes) is 1. The third kappa shape index (κ3) is 18.1. The van der Waals surface area contributed by atoms with Crippen LogP contribution in [0.5, 0.6) is 0 Å². The molecule has 0 aromatic heterocycles. The molecular formula is C65H94N16O15. The third-order valence-electron chi connectivity index (χ3n) is 19.6. The number of likely N-dealkylation sites (tertiary alicyclic amines) is 2. The first-order valence-corrected chi connectivity index (χ1v) is 33.4. The molecule has 6 aliphatic rings. The number of fused-ring (bicyclic) bond motifs is 4. The smallest absolute Gasteiger partial charge is 0.326 e. The Morgan fingerprint density at radius 2 is 0.917 bits per heavy atom. The zero-order valence-electron chi connectivity index (χ0n) is 54.1. The van der Waals surface area contributed by atoms with E-state index in [1.807, 2.05) is 0 Å². The van der Waals surface area contributed by atoms with E-state index in [-0.39, 0.29) is 121 Å². The largest absolute Gasteiger partial charge is 0.480 e. The summed E-state index contributed by atoms with van der Waals surface area (Å²) in [5.74, 6) is -10.5. The highest BCUT2D eigenvalue weighted by atomic mass is 16.4. The molecule has 96 heavy (non-hydrogen) atoms. The summed E-state index contributed by atoms with van der Waals surface area (Å²) in [7, 11) is 0. The van der Waals surface area contributed by atoms with Gasteiger partial charge in [-0.2, -0.15) is 0 Å². The molecule has 13 atom stereocenters.